The zero-order valence-electron chi connectivity index (χ0n) is 17.8. The third-order valence-electron chi connectivity index (χ3n) is 7.80. The Morgan fingerprint density at radius 1 is 1.11 bits per heavy atom. The van der Waals surface area contributed by atoms with E-state index in [1.807, 2.05) is 11.8 Å². The summed E-state index contributed by atoms with van der Waals surface area (Å²) in [5.74, 6) is 0.193. The van der Waals surface area contributed by atoms with E-state index in [0.717, 1.165) is 38.8 Å². The van der Waals surface area contributed by atoms with Crippen molar-refractivity contribution in [1.82, 2.24) is 15.1 Å². The Bertz CT molecular complexity index is 583. The molecular formula is C21H37N3O3. The lowest BCUT2D eigenvalue weighted by Crippen LogP contribution is -2.61. The molecule has 1 aliphatic carbocycles. The van der Waals surface area contributed by atoms with Crippen molar-refractivity contribution in [3.05, 3.63) is 0 Å². The van der Waals surface area contributed by atoms with Gasteiger partial charge in [-0.1, -0.05) is 20.8 Å². The van der Waals surface area contributed by atoms with Crippen LogP contribution in [0.15, 0.2) is 0 Å². The minimum atomic E-state index is -0.507. The second-order valence-electron chi connectivity index (χ2n) is 9.60. The molecule has 0 aromatic rings. The van der Waals surface area contributed by atoms with Crippen LogP contribution >= 0.6 is 0 Å². The molecule has 3 fully saturated rings. The highest BCUT2D eigenvalue weighted by molar-refractivity contribution is 5.87. The van der Waals surface area contributed by atoms with Crippen molar-refractivity contribution < 1.29 is 14.3 Å². The van der Waals surface area contributed by atoms with Crippen molar-refractivity contribution in [2.24, 2.45) is 16.7 Å². The molecule has 0 unspecified atom stereocenters. The molecular weight excluding hydrogens is 342 g/mol. The van der Waals surface area contributed by atoms with Gasteiger partial charge in [0, 0.05) is 38.6 Å². The normalized spacial score (nSPS) is 33.2. The summed E-state index contributed by atoms with van der Waals surface area (Å²) in [6.45, 7) is 12.9. The lowest BCUT2D eigenvalue weighted by Gasteiger charge is -2.50. The molecule has 1 N–H and O–H groups in total. The first-order valence-corrected chi connectivity index (χ1v) is 10.5. The molecule has 2 aliphatic heterocycles. The van der Waals surface area contributed by atoms with E-state index in [9.17, 15) is 9.59 Å². The highest BCUT2D eigenvalue weighted by Gasteiger charge is 2.59. The van der Waals surface area contributed by atoms with Crippen LogP contribution in [-0.2, 0) is 14.3 Å². The van der Waals surface area contributed by atoms with E-state index in [1.165, 1.54) is 0 Å². The standard InChI is InChI=1S/C21H37N3O3/c1-6-22-17(25)16-7-8-20(4,19(16,2)3)18(26)24-13-14-27-21(15-24)9-11-23(5)12-10-21/h16H,6-15H2,1-5H3,(H,22,25)/t16-,20+/m1/s1. The number of rotatable bonds is 3. The van der Waals surface area contributed by atoms with Gasteiger partial charge in [-0.3, -0.25) is 9.59 Å². The second kappa shape index (κ2) is 7.36. The van der Waals surface area contributed by atoms with Gasteiger partial charge in [-0.2, -0.15) is 0 Å². The van der Waals surface area contributed by atoms with Gasteiger partial charge >= 0.3 is 0 Å². The molecule has 0 aromatic heterocycles. The van der Waals surface area contributed by atoms with Crippen molar-refractivity contribution in [2.45, 2.75) is 59.0 Å². The van der Waals surface area contributed by atoms with Crippen LogP contribution in [0.3, 0.4) is 0 Å². The van der Waals surface area contributed by atoms with Gasteiger partial charge in [0.25, 0.3) is 0 Å². The molecule has 154 valence electrons. The van der Waals surface area contributed by atoms with Crippen LogP contribution in [0.25, 0.3) is 0 Å². The topological polar surface area (TPSA) is 61.9 Å². The molecule has 3 rings (SSSR count). The Morgan fingerprint density at radius 3 is 2.41 bits per heavy atom. The van der Waals surface area contributed by atoms with E-state index in [4.69, 9.17) is 4.74 Å². The molecule has 0 radical (unpaired) electrons. The number of ether oxygens (including phenoxy) is 1. The highest BCUT2D eigenvalue weighted by Crippen LogP contribution is 2.57. The molecule has 6 nitrogen and oxygen atoms in total. The van der Waals surface area contributed by atoms with E-state index in [2.05, 4.69) is 38.0 Å². The summed E-state index contributed by atoms with van der Waals surface area (Å²) in [5.41, 5.74) is -1.05. The van der Waals surface area contributed by atoms with Crippen LogP contribution in [0.5, 0.6) is 0 Å². The summed E-state index contributed by atoms with van der Waals surface area (Å²) in [6.07, 6.45) is 3.51. The number of carbonyl (C=O) groups is 2. The lowest BCUT2D eigenvalue weighted by atomic mass is 9.64. The third kappa shape index (κ3) is 3.51. The zero-order valence-corrected chi connectivity index (χ0v) is 17.8. The minimum absolute atomic E-state index is 0.0905. The monoisotopic (exact) mass is 379 g/mol. The van der Waals surface area contributed by atoms with E-state index in [0.29, 0.717) is 26.2 Å². The fourth-order valence-electron chi connectivity index (χ4n) is 5.34. The summed E-state index contributed by atoms with van der Waals surface area (Å²) in [6, 6.07) is 0. The smallest absolute Gasteiger partial charge is 0.229 e. The Hall–Kier alpha value is -1.14. The Kier molecular flexibility index (Phi) is 5.61. The first kappa shape index (κ1) is 20.6. The SMILES string of the molecule is CCNC(=O)[C@H]1CC[C@@](C)(C(=O)N2CCOC3(CCN(C)CC3)C2)C1(C)C. The quantitative estimate of drug-likeness (QED) is 0.813. The number of hydrogen-bond acceptors (Lipinski definition) is 4. The number of hydrogen-bond donors (Lipinski definition) is 1. The van der Waals surface area contributed by atoms with Gasteiger partial charge in [-0.25, -0.2) is 0 Å². The Balaban J connectivity index is 1.75. The van der Waals surface area contributed by atoms with Crippen LogP contribution in [0, 0.1) is 16.7 Å². The summed E-state index contributed by atoms with van der Waals surface area (Å²) >= 11 is 0. The van der Waals surface area contributed by atoms with Crippen molar-refractivity contribution in [1.29, 1.82) is 0 Å². The minimum Gasteiger partial charge on any atom is -0.371 e. The first-order chi connectivity index (χ1) is 12.7. The van der Waals surface area contributed by atoms with Crippen LogP contribution in [0.1, 0.15) is 53.4 Å². The summed E-state index contributed by atoms with van der Waals surface area (Å²) < 4.78 is 6.19. The number of nitrogens with zero attached hydrogens (tertiary/aromatic N) is 2. The van der Waals surface area contributed by atoms with Crippen molar-refractivity contribution in [2.75, 3.05) is 46.4 Å². The van der Waals surface area contributed by atoms with Gasteiger partial charge in [0.15, 0.2) is 0 Å². The van der Waals surface area contributed by atoms with Crippen LogP contribution < -0.4 is 5.32 Å². The number of morpholine rings is 1. The van der Waals surface area contributed by atoms with Gasteiger partial charge in [-0.05, 0) is 45.1 Å². The van der Waals surface area contributed by atoms with E-state index >= 15 is 0 Å². The average Bonchev–Trinajstić information content (AvgIpc) is 2.88. The molecule has 0 bridgehead atoms. The summed E-state index contributed by atoms with van der Waals surface area (Å²) in [5, 5.41) is 2.96. The predicted octanol–water partition coefficient (Wildman–Crippen LogP) is 1.89. The van der Waals surface area contributed by atoms with Crippen molar-refractivity contribution in [3.63, 3.8) is 0 Å². The summed E-state index contributed by atoms with van der Waals surface area (Å²) in [7, 11) is 2.14. The van der Waals surface area contributed by atoms with E-state index in [1.54, 1.807) is 0 Å². The molecule has 2 heterocycles. The molecule has 0 aromatic carbocycles. The Labute approximate surface area is 164 Å². The lowest BCUT2D eigenvalue weighted by molar-refractivity contribution is -0.171. The van der Waals surface area contributed by atoms with Gasteiger partial charge in [-0.15, -0.1) is 0 Å². The predicted molar refractivity (Wildman–Crippen MR) is 105 cm³/mol. The highest BCUT2D eigenvalue weighted by atomic mass is 16.5. The second-order valence-corrected chi connectivity index (χ2v) is 9.60. The van der Waals surface area contributed by atoms with Crippen LogP contribution in [0.4, 0.5) is 0 Å². The zero-order chi connectivity index (χ0) is 19.9. The van der Waals surface area contributed by atoms with Gasteiger partial charge in [0.1, 0.15) is 0 Å². The molecule has 3 aliphatic rings. The maximum absolute atomic E-state index is 13.7. The molecule has 27 heavy (non-hydrogen) atoms. The first-order valence-electron chi connectivity index (χ1n) is 10.5. The Morgan fingerprint density at radius 2 is 1.78 bits per heavy atom. The molecule has 1 spiro atoms. The molecule has 2 amide bonds. The van der Waals surface area contributed by atoms with Crippen LogP contribution in [-0.4, -0.2) is 73.6 Å². The average molecular weight is 380 g/mol. The maximum atomic E-state index is 13.7. The molecule has 2 saturated heterocycles. The van der Waals surface area contributed by atoms with Gasteiger partial charge in [0.2, 0.25) is 11.8 Å². The molecule has 6 heteroatoms. The van der Waals surface area contributed by atoms with Crippen molar-refractivity contribution in [3.8, 4) is 0 Å². The maximum Gasteiger partial charge on any atom is 0.229 e. The summed E-state index contributed by atoms with van der Waals surface area (Å²) in [4.78, 5) is 30.6. The van der Waals surface area contributed by atoms with Crippen molar-refractivity contribution >= 4 is 11.8 Å². The molecule has 1 saturated carbocycles. The van der Waals surface area contributed by atoms with Gasteiger partial charge in [0.05, 0.1) is 17.6 Å². The van der Waals surface area contributed by atoms with Crippen LogP contribution in [0.2, 0.25) is 0 Å². The number of nitrogens with one attached hydrogen (secondary N) is 1. The number of carbonyl (C=O) groups excluding carboxylic acids is 2. The van der Waals surface area contributed by atoms with E-state index < -0.39 is 5.41 Å². The number of amides is 2. The molecule has 2 atom stereocenters. The van der Waals surface area contributed by atoms with Gasteiger partial charge < -0.3 is 19.9 Å². The largest absolute Gasteiger partial charge is 0.371 e. The fraction of sp³-hybridized carbons (Fsp3) is 0.905. The third-order valence-corrected chi connectivity index (χ3v) is 7.80. The van der Waals surface area contributed by atoms with E-state index in [-0.39, 0.29) is 28.7 Å². The number of likely N-dealkylation sites (tertiary alicyclic amines) is 1. The number of piperidine rings is 1. The fourth-order valence-corrected chi connectivity index (χ4v) is 5.34.